The number of carbonyl (C=O) groups excluding carboxylic acids is 1. The molecule has 118 valence electrons. The summed E-state index contributed by atoms with van der Waals surface area (Å²) < 4.78 is 15.7. The fourth-order valence-electron chi connectivity index (χ4n) is 1.89. The van der Waals surface area contributed by atoms with Crippen LogP contribution in [0, 0.1) is 0 Å². The lowest BCUT2D eigenvalue weighted by Crippen LogP contribution is -2.38. The van der Waals surface area contributed by atoms with Gasteiger partial charge < -0.3 is 25.3 Å². The average molecular weight is 296 g/mol. The van der Waals surface area contributed by atoms with Crippen molar-refractivity contribution >= 4 is 5.91 Å². The monoisotopic (exact) mass is 296 g/mol. The molecule has 0 heterocycles. The number of hydrogen-bond acceptors (Lipinski definition) is 5. The highest BCUT2D eigenvalue weighted by Crippen LogP contribution is 2.28. The Morgan fingerprint density at radius 2 is 2.05 bits per heavy atom. The van der Waals surface area contributed by atoms with Crippen molar-refractivity contribution in [1.29, 1.82) is 0 Å². The Kier molecular flexibility index (Phi) is 6.98. The highest BCUT2D eigenvalue weighted by Gasteiger charge is 2.12. The first-order valence-electron chi connectivity index (χ1n) is 6.82. The first-order chi connectivity index (χ1) is 9.97. The van der Waals surface area contributed by atoms with E-state index in [9.17, 15) is 4.79 Å². The summed E-state index contributed by atoms with van der Waals surface area (Å²) in [5.74, 6) is 0.999. The van der Waals surface area contributed by atoms with E-state index in [0.29, 0.717) is 18.1 Å². The van der Waals surface area contributed by atoms with Gasteiger partial charge in [-0.3, -0.25) is 4.79 Å². The van der Waals surface area contributed by atoms with Crippen molar-refractivity contribution in [2.75, 3.05) is 27.4 Å². The summed E-state index contributed by atoms with van der Waals surface area (Å²) in [6.07, 6.45) is 0. The smallest absolute Gasteiger partial charge is 0.258 e. The third kappa shape index (κ3) is 5.61. The predicted molar refractivity (Wildman–Crippen MR) is 80.6 cm³/mol. The molecule has 0 spiro atoms. The van der Waals surface area contributed by atoms with Crippen LogP contribution in [0.4, 0.5) is 0 Å². The summed E-state index contributed by atoms with van der Waals surface area (Å²) in [6, 6.07) is 5.12. The summed E-state index contributed by atoms with van der Waals surface area (Å²) in [7, 11) is 3.16. The number of benzene rings is 1. The van der Waals surface area contributed by atoms with Crippen molar-refractivity contribution in [3.63, 3.8) is 0 Å². The Morgan fingerprint density at radius 1 is 1.33 bits per heavy atom. The molecule has 0 fully saturated rings. The molecule has 0 aliphatic heterocycles. The Bertz CT molecular complexity index is 463. The summed E-state index contributed by atoms with van der Waals surface area (Å²) in [5, 5.41) is 2.78. The predicted octanol–water partition coefficient (Wildman–Crippen LogP) is 1.24. The number of hydrogen-bond donors (Lipinski definition) is 2. The molecule has 0 bridgehead atoms. The number of rotatable bonds is 8. The molecule has 0 saturated heterocycles. The minimum Gasteiger partial charge on any atom is -0.497 e. The van der Waals surface area contributed by atoms with Gasteiger partial charge in [0.15, 0.2) is 6.61 Å². The molecular weight excluding hydrogens is 272 g/mol. The first-order valence-corrected chi connectivity index (χ1v) is 6.82. The molecule has 6 heteroatoms. The molecule has 0 radical (unpaired) electrons. The van der Waals surface area contributed by atoms with E-state index in [0.717, 1.165) is 5.56 Å². The standard InChI is InChI=1S/C15H24N2O4/c1-10(8-19-3)17-15(18)9-21-14-7-12(20-4)5-6-13(14)11(2)16/h5-7,10-11H,8-9,16H2,1-4H3,(H,17,18). The van der Waals surface area contributed by atoms with E-state index in [2.05, 4.69) is 5.32 Å². The Morgan fingerprint density at radius 3 is 2.62 bits per heavy atom. The fraction of sp³-hybridized carbons (Fsp3) is 0.533. The largest absolute Gasteiger partial charge is 0.497 e. The van der Waals surface area contributed by atoms with E-state index in [1.807, 2.05) is 26.0 Å². The van der Waals surface area contributed by atoms with Crippen LogP contribution in [0.2, 0.25) is 0 Å². The van der Waals surface area contributed by atoms with E-state index in [-0.39, 0.29) is 24.6 Å². The van der Waals surface area contributed by atoms with Gasteiger partial charge in [0.1, 0.15) is 11.5 Å². The Balaban J connectivity index is 2.67. The van der Waals surface area contributed by atoms with E-state index < -0.39 is 0 Å². The maximum absolute atomic E-state index is 11.8. The van der Waals surface area contributed by atoms with E-state index in [4.69, 9.17) is 19.9 Å². The topological polar surface area (TPSA) is 82.8 Å². The number of amides is 1. The minimum atomic E-state index is -0.210. The molecule has 2 unspecified atom stereocenters. The van der Waals surface area contributed by atoms with Crippen molar-refractivity contribution in [2.45, 2.75) is 25.9 Å². The first kappa shape index (κ1) is 17.3. The zero-order chi connectivity index (χ0) is 15.8. The van der Waals surface area contributed by atoms with E-state index in [1.54, 1.807) is 20.3 Å². The maximum Gasteiger partial charge on any atom is 0.258 e. The van der Waals surface area contributed by atoms with Crippen molar-refractivity contribution < 1.29 is 19.0 Å². The van der Waals surface area contributed by atoms with Crippen molar-refractivity contribution in [1.82, 2.24) is 5.32 Å². The lowest BCUT2D eigenvalue weighted by atomic mass is 10.1. The number of methoxy groups -OCH3 is 2. The third-order valence-corrected chi connectivity index (χ3v) is 2.89. The van der Waals surface area contributed by atoms with Gasteiger partial charge in [-0.1, -0.05) is 6.07 Å². The van der Waals surface area contributed by atoms with Gasteiger partial charge in [-0.15, -0.1) is 0 Å². The molecule has 0 aliphatic rings. The minimum absolute atomic E-state index is 0.0655. The second-order valence-corrected chi connectivity index (χ2v) is 4.91. The van der Waals surface area contributed by atoms with Crippen LogP contribution in [-0.2, 0) is 9.53 Å². The normalized spacial score (nSPS) is 13.4. The van der Waals surface area contributed by atoms with Crippen LogP contribution in [0.5, 0.6) is 11.5 Å². The molecule has 21 heavy (non-hydrogen) atoms. The Hall–Kier alpha value is -1.79. The molecule has 3 N–H and O–H groups in total. The number of carbonyl (C=O) groups is 1. The van der Waals surface area contributed by atoms with Gasteiger partial charge in [0.2, 0.25) is 0 Å². The van der Waals surface area contributed by atoms with Gasteiger partial charge in [-0.2, -0.15) is 0 Å². The summed E-state index contributed by atoms with van der Waals surface area (Å²) in [5.41, 5.74) is 6.72. The van der Waals surface area contributed by atoms with Crippen LogP contribution in [-0.4, -0.2) is 39.4 Å². The molecule has 6 nitrogen and oxygen atoms in total. The van der Waals surface area contributed by atoms with Crippen molar-refractivity contribution in [3.8, 4) is 11.5 Å². The molecular formula is C15H24N2O4. The van der Waals surface area contributed by atoms with Gasteiger partial charge in [-0.25, -0.2) is 0 Å². The van der Waals surface area contributed by atoms with E-state index in [1.165, 1.54) is 0 Å². The van der Waals surface area contributed by atoms with Gasteiger partial charge in [0.25, 0.3) is 5.91 Å². The average Bonchev–Trinajstić information content (AvgIpc) is 2.44. The van der Waals surface area contributed by atoms with Crippen molar-refractivity contribution in [2.24, 2.45) is 5.73 Å². The zero-order valence-corrected chi connectivity index (χ0v) is 13.0. The summed E-state index contributed by atoms with van der Waals surface area (Å²) in [6.45, 7) is 4.09. The maximum atomic E-state index is 11.8. The zero-order valence-electron chi connectivity index (χ0n) is 13.0. The highest BCUT2D eigenvalue weighted by molar-refractivity contribution is 5.77. The van der Waals surface area contributed by atoms with Crippen LogP contribution in [0.3, 0.4) is 0 Å². The van der Waals surface area contributed by atoms with Crippen LogP contribution in [0.15, 0.2) is 18.2 Å². The van der Waals surface area contributed by atoms with Crippen LogP contribution < -0.4 is 20.5 Å². The van der Waals surface area contributed by atoms with Gasteiger partial charge in [-0.05, 0) is 19.9 Å². The number of nitrogens with one attached hydrogen (secondary N) is 1. The molecule has 1 aromatic rings. The molecule has 0 aliphatic carbocycles. The van der Waals surface area contributed by atoms with Crippen molar-refractivity contribution in [3.05, 3.63) is 23.8 Å². The fourth-order valence-corrected chi connectivity index (χ4v) is 1.89. The number of nitrogens with two attached hydrogens (primary N) is 1. The third-order valence-electron chi connectivity index (χ3n) is 2.89. The van der Waals surface area contributed by atoms with Crippen LogP contribution in [0.1, 0.15) is 25.5 Å². The SMILES string of the molecule is COCC(C)NC(=O)COc1cc(OC)ccc1C(C)N. The molecule has 0 aromatic heterocycles. The van der Waals surface area contributed by atoms with Crippen LogP contribution >= 0.6 is 0 Å². The lowest BCUT2D eigenvalue weighted by molar-refractivity contribution is -0.124. The van der Waals surface area contributed by atoms with Gasteiger partial charge in [0.05, 0.1) is 13.7 Å². The molecule has 1 amide bonds. The van der Waals surface area contributed by atoms with Gasteiger partial charge in [0, 0.05) is 30.8 Å². The second kappa shape index (κ2) is 8.49. The van der Waals surface area contributed by atoms with Crippen LogP contribution in [0.25, 0.3) is 0 Å². The summed E-state index contributed by atoms with van der Waals surface area (Å²) in [4.78, 5) is 11.8. The highest BCUT2D eigenvalue weighted by atomic mass is 16.5. The number of ether oxygens (including phenoxy) is 3. The second-order valence-electron chi connectivity index (χ2n) is 4.91. The lowest BCUT2D eigenvalue weighted by Gasteiger charge is -2.16. The molecule has 2 atom stereocenters. The molecule has 1 rings (SSSR count). The molecule has 1 aromatic carbocycles. The van der Waals surface area contributed by atoms with E-state index >= 15 is 0 Å². The molecule has 0 saturated carbocycles. The summed E-state index contributed by atoms with van der Waals surface area (Å²) >= 11 is 0. The Labute approximate surface area is 125 Å². The van der Waals surface area contributed by atoms with Gasteiger partial charge >= 0.3 is 0 Å². The quantitative estimate of drug-likeness (QED) is 0.754.